The first-order chi connectivity index (χ1) is 12.9. The summed E-state index contributed by atoms with van der Waals surface area (Å²) in [5.41, 5.74) is 0.875. The maximum Gasteiger partial charge on any atom is 0.329 e. The van der Waals surface area contributed by atoms with Crippen molar-refractivity contribution in [1.82, 2.24) is 10.2 Å². The van der Waals surface area contributed by atoms with E-state index in [0.717, 1.165) is 18.4 Å². The lowest BCUT2D eigenvalue weighted by Gasteiger charge is -2.30. The molecule has 0 bridgehead atoms. The van der Waals surface area contributed by atoms with Crippen LogP contribution in [0.2, 0.25) is 0 Å². The summed E-state index contributed by atoms with van der Waals surface area (Å²) in [7, 11) is 0. The molecule has 1 aromatic rings. The minimum absolute atomic E-state index is 0.136. The molecule has 27 heavy (non-hydrogen) atoms. The third-order valence-electron chi connectivity index (χ3n) is 4.92. The average Bonchev–Trinajstić information content (AvgIpc) is 2.65. The Morgan fingerprint density at radius 2 is 1.78 bits per heavy atom. The van der Waals surface area contributed by atoms with Crippen LogP contribution in [0.25, 0.3) is 0 Å². The maximum absolute atomic E-state index is 12.4. The van der Waals surface area contributed by atoms with Crippen molar-refractivity contribution < 1.29 is 19.1 Å². The standard InChI is InChI=1S/C21H30N2O4/c1-15(2)20(22-18(24)13-17-7-5-4-6-8-17)21(26)27-14-19(25)23-11-9-16(3)10-12-23/h4-8,15-16,20H,9-14H2,1-3H3,(H,22,24)/t20-/m0/s1. The van der Waals surface area contributed by atoms with E-state index in [1.807, 2.05) is 44.2 Å². The first-order valence-corrected chi connectivity index (χ1v) is 9.64. The van der Waals surface area contributed by atoms with E-state index in [9.17, 15) is 14.4 Å². The van der Waals surface area contributed by atoms with Crippen molar-refractivity contribution in [3.05, 3.63) is 35.9 Å². The van der Waals surface area contributed by atoms with Gasteiger partial charge >= 0.3 is 5.97 Å². The van der Waals surface area contributed by atoms with Crippen LogP contribution in [0.1, 0.15) is 39.2 Å². The van der Waals surface area contributed by atoms with Crippen LogP contribution < -0.4 is 5.32 Å². The number of amides is 2. The van der Waals surface area contributed by atoms with Crippen LogP contribution in [0.5, 0.6) is 0 Å². The monoisotopic (exact) mass is 374 g/mol. The Morgan fingerprint density at radius 3 is 2.37 bits per heavy atom. The van der Waals surface area contributed by atoms with Gasteiger partial charge in [0.05, 0.1) is 6.42 Å². The Bertz CT molecular complexity index is 637. The van der Waals surface area contributed by atoms with Crippen molar-refractivity contribution in [2.24, 2.45) is 11.8 Å². The number of piperidine rings is 1. The summed E-state index contributed by atoms with van der Waals surface area (Å²) in [4.78, 5) is 38.6. The summed E-state index contributed by atoms with van der Waals surface area (Å²) in [5.74, 6) is -0.489. The summed E-state index contributed by atoms with van der Waals surface area (Å²) < 4.78 is 5.21. The molecule has 1 heterocycles. The zero-order chi connectivity index (χ0) is 19.8. The largest absolute Gasteiger partial charge is 0.454 e. The van der Waals surface area contributed by atoms with Gasteiger partial charge in [0.15, 0.2) is 6.61 Å². The maximum atomic E-state index is 12.4. The number of nitrogens with one attached hydrogen (secondary N) is 1. The van der Waals surface area contributed by atoms with Gasteiger partial charge in [-0.15, -0.1) is 0 Å². The van der Waals surface area contributed by atoms with Gasteiger partial charge in [-0.3, -0.25) is 9.59 Å². The van der Waals surface area contributed by atoms with Gasteiger partial charge in [0, 0.05) is 13.1 Å². The fourth-order valence-electron chi connectivity index (χ4n) is 3.08. The molecular formula is C21H30N2O4. The SMILES string of the molecule is CC1CCN(C(=O)COC(=O)[C@@H](NC(=O)Cc2ccccc2)C(C)C)CC1. The van der Waals surface area contributed by atoms with Crippen molar-refractivity contribution in [2.45, 2.75) is 46.1 Å². The van der Waals surface area contributed by atoms with Crippen molar-refractivity contribution in [3.8, 4) is 0 Å². The molecule has 2 rings (SSSR count). The number of carbonyl (C=O) groups excluding carboxylic acids is 3. The van der Waals surface area contributed by atoms with Crippen LogP contribution in [-0.2, 0) is 25.5 Å². The smallest absolute Gasteiger partial charge is 0.329 e. The molecule has 1 aromatic carbocycles. The third-order valence-corrected chi connectivity index (χ3v) is 4.92. The predicted molar refractivity (Wildman–Crippen MR) is 103 cm³/mol. The third kappa shape index (κ3) is 6.70. The van der Waals surface area contributed by atoms with E-state index in [2.05, 4.69) is 12.2 Å². The summed E-state index contributed by atoms with van der Waals surface area (Å²) in [6.45, 7) is 6.99. The summed E-state index contributed by atoms with van der Waals surface area (Å²) in [5, 5.41) is 2.74. The molecule has 2 amide bonds. The Labute approximate surface area is 161 Å². The number of carbonyl (C=O) groups is 3. The quantitative estimate of drug-likeness (QED) is 0.742. The number of hydrogen-bond acceptors (Lipinski definition) is 4. The van der Waals surface area contributed by atoms with Crippen molar-refractivity contribution >= 4 is 17.8 Å². The lowest BCUT2D eigenvalue weighted by molar-refractivity contribution is -0.156. The fourth-order valence-corrected chi connectivity index (χ4v) is 3.08. The van der Waals surface area contributed by atoms with Gasteiger partial charge in [-0.1, -0.05) is 51.1 Å². The van der Waals surface area contributed by atoms with Gasteiger partial charge in [0.25, 0.3) is 5.91 Å². The van der Waals surface area contributed by atoms with E-state index in [1.165, 1.54) is 0 Å². The van der Waals surface area contributed by atoms with Gasteiger partial charge in [-0.25, -0.2) is 4.79 Å². The molecule has 0 spiro atoms. The Balaban J connectivity index is 1.83. The molecular weight excluding hydrogens is 344 g/mol. The second kappa shape index (κ2) is 10.1. The Hall–Kier alpha value is -2.37. The highest BCUT2D eigenvalue weighted by Crippen LogP contribution is 2.16. The molecule has 1 saturated heterocycles. The van der Waals surface area contributed by atoms with E-state index in [1.54, 1.807) is 4.90 Å². The summed E-state index contributed by atoms with van der Waals surface area (Å²) in [6, 6.07) is 8.57. The first kappa shape index (κ1) is 20.9. The van der Waals surface area contributed by atoms with E-state index in [-0.39, 0.29) is 30.8 Å². The molecule has 1 atom stereocenters. The van der Waals surface area contributed by atoms with Crippen LogP contribution in [0, 0.1) is 11.8 Å². The summed E-state index contributed by atoms with van der Waals surface area (Å²) in [6.07, 6.45) is 2.15. The summed E-state index contributed by atoms with van der Waals surface area (Å²) >= 11 is 0. The second-order valence-electron chi connectivity index (χ2n) is 7.62. The highest BCUT2D eigenvalue weighted by Gasteiger charge is 2.27. The molecule has 0 aromatic heterocycles. The van der Waals surface area contributed by atoms with Crippen molar-refractivity contribution in [3.63, 3.8) is 0 Å². The Morgan fingerprint density at radius 1 is 1.15 bits per heavy atom. The van der Waals surface area contributed by atoms with Gasteiger partial charge in [-0.05, 0) is 30.2 Å². The molecule has 1 N–H and O–H groups in total. The normalized spacial score (nSPS) is 16.1. The lowest BCUT2D eigenvalue weighted by Crippen LogP contribution is -2.47. The topological polar surface area (TPSA) is 75.7 Å². The molecule has 6 heteroatoms. The molecule has 6 nitrogen and oxygen atoms in total. The number of rotatable bonds is 7. The number of esters is 1. The van der Waals surface area contributed by atoms with E-state index >= 15 is 0 Å². The first-order valence-electron chi connectivity index (χ1n) is 9.64. The molecule has 0 aliphatic carbocycles. The van der Waals surface area contributed by atoms with Crippen LogP contribution in [0.4, 0.5) is 0 Å². The Kier molecular flexibility index (Phi) is 7.82. The number of ether oxygens (including phenoxy) is 1. The van der Waals surface area contributed by atoms with Crippen LogP contribution in [-0.4, -0.2) is 48.4 Å². The van der Waals surface area contributed by atoms with Gasteiger partial charge in [0.2, 0.25) is 5.91 Å². The van der Waals surface area contributed by atoms with Crippen molar-refractivity contribution in [1.29, 1.82) is 0 Å². The van der Waals surface area contributed by atoms with Gasteiger partial charge < -0.3 is 15.0 Å². The lowest BCUT2D eigenvalue weighted by atomic mass is 9.99. The zero-order valence-corrected chi connectivity index (χ0v) is 16.4. The second-order valence-corrected chi connectivity index (χ2v) is 7.62. The number of hydrogen-bond donors (Lipinski definition) is 1. The van der Waals surface area contributed by atoms with Crippen LogP contribution in [0.3, 0.4) is 0 Å². The fraction of sp³-hybridized carbons (Fsp3) is 0.571. The van der Waals surface area contributed by atoms with E-state index in [4.69, 9.17) is 4.74 Å². The number of nitrogens with zero attached hydrogens (tertiary/aromatic N) is 1. The zero-order valence-electron chi connectivity index (χ0n) is 16.4. The van der Waals surface area contributed by atoms with Gasteiger partial charge in [-0.2, -0.15) is 0 Å². The molecule has 0 unspecified atom stereocenters. The average molecular weight is 374 g/mol. The molecule has 1 aliphatic heterocycles. The molecule has 0 radical (unpaired) electrons. The van der Waals surface area contributed by atoms with Gasteiger partial charge in [0.1, 0.15) is 6.04 Å². The molecule has 1 fully saturated rings. The van der Waals surface area contributed by atoms with Crippen molar-refractivity contribution in [2.75, 3.05) is 19.7 Å². The number of benzene rings is 1. The molecule has 0 saturated carbocycles. The minimum atomic E-state index is -0.768. The van der Waals surface area contributed by atoms with E-state index < -0.39 is 12.0 Å². The predicted octanol–water partition coefficient (Wildman–Crippen LogP) is 2.17. The van der Waals surface area contributed by atoms with Crippen LogP contribution in [0.15, 0.2) is 30.3 Å². The highest BCUT2D eigenvalue weighted by molar-refractivity contribution is 5.87. The number of likely N-dealkylation sites (tertiary alicyclic amines) is 1. The highest BCUT2D eigenvalue weighted by atomic mass is 16.5. The minimum Gasteiger partial charge on any atom is -0.454 e. The van der Waals surface area contributed by atoms with E-state index in [0.29, 0.717) is 19.0 Å². The molecule has 148 valence electrons. The van der Waals surface area contributed by atoms with Crippen LogP contribution >= 0.6 is 0 Å². The molecule has 1 aliphatic rings.